The van der Waals surface area contributed by atoms with Gasteiger partial charge in [-0.1, -0.05) is 153 Å². The molecule has 282 valence electrons. The van der Waals surface area contributed by atoms with Crippen molar-refractivity contribution in [1.82, 2.24) is 19.5 Å². The predicted molar refractivity (Wildman–Crippen MR) is 248 cm³/mol. The number of fused-ring (bicyclic) bond motifs is 8. The van der Waals surface area contributed by atoms with E-state index < -0.39 is 5.41 Å². The molecule has 3 heterocycles. The van der Waals surface area contributed by atoms with E-state index in [4.69, 9.17) is 15.0 Å². The van der Waals surface area contributed by atoms with Crippen LogP contribution in [-0.2, 0) is 5.41 Å². The zero-order valence-corrected chi connectivity index (χ0v) is 33.3. The van der Waals surface area contributed by atoms with Gasteiger partial charge in [0, 0.05) is 50.0 Å². The summed E-state index contributed by atoms with van der Waals surface area (Å²) >= 11 is 0. The summed E-state index contributed by atoms with van der Waals surface area (Å²) in [6, 6.07) is 67.4. The maximum absolute atomic E-state index is 5.56. The van der Waals surface area contributed by atoms with Crippen LogP contribution in [0.15, 0.2) is 194 Å². The van der Waals surface area contributed by atoms with Gasteiger partial charge >= 0.3 is 0 Å². The third-order valence-corrected chi connectivity index (χ3v) is 12.6. The highest BCUT2D eigenvalue weighted by atomic mass is 15.0. The molecule has 8 aromatic carbocycles. The molecule has 0 unspecified atom stereocenters. The Morgan fingerprint density at radius 3 is 1.73 bits per heavy atom. The summed E-state index contributed by atoms with van der Waals surface area (Å²) in [7, 11) is 0. The SMILES string of the molecule is CC1(C)c2cc(-c3ccccc3)c(-c3ccccc3)cc2-c2nc(-c3ccccc3)nc(-c3ccc(-n4c5ccccc5c5cc6ccccc6cc54)c4ncccc34)c21. The van der Waals surface area contributed by atoms with E-state index in [-0.39, 0.29) is 0 Å². The van der Waals surface area contributed by atoms with Gasteiger partial charge in [-0.25, -0.2) is 9.97 Å². The summed E-state index contributed by atoms with van der Waals surface area (Å²) in [6.45, 7) is 4.67. The molecule has 1 aliphatic carbocycles. The smallest absolute Gasteiger partial charge is 0.160 e. The lowest BCUT2D eigenvalue weighted by atomic mass is 9.78. The predicted octanol–water partition coefficient (Wildman–Crippen LogP) is 14.2. The summed E-state index contributed by atoms with van der Waals surface area (Å²) < 4.78 is 2.39. The van der Waals surface area contributed by atoms with Crippen molar-refractivity contribution in [2.45, 2.75) is 19.3 Å². The highest BCUT2D eigenvalue weighted by Gasteiger charge is 2.41. The van der Waals surface area contributed by atoms with Crippen LogP contribution in [0.5, 0.6) is 0 Å². The Bertz CT molecular complexity index is 3490. The van der Waals surface area contributed by atoms with E-state index >= 15 is 0 Å². The van der Waals surface area contributed by atoms with Crippen molar-refractivity contribution in [2.24, 2.45) is 0 Å². The molecule has 0 saturated carbocycles. The van der Waals surface area contributed by atoms with Gasteiger partial charge in [-0.3, -0.25) is 4.98 Å². The Hall–Kier alpha value is -7.69. The number of rotatable bonds is 5. The molecule has 0 amide bonds. The van der Waals surface area contributed by atoms with Gasteiger partial charge in [0.05, 0.1) is 33.6 Å². The normalized spacial score (nSPS) is 13.0. The van der Waals surface area contributed by atoms with Gasteiger partial charge in [0.25, 0.3) is 0 Å². The van der Waals surface area contributed by atoms with Gasteiger partial charge in [0.2, 0.25) is 0 Å². The van der Waals surface area contributed by atoms with Gasteiger partial charge in [0.15, 0.2) is 5.82 Å². The minimum Gasteiger partial charge on any atom is -0.307 e. The molecule has 12 rings (SSSR count). The third-order valence-electron chi connectivity index (χ3n) is 12.6. The number of hydrogen-bond acceptors (Lipinski definition) is 3. The van der Waals surface area contributed by atoms with E-state index in [0.29, 0.717) is 5.82 Å². The molecular formula is C56H38N4. The summed E-state index contributed by atoms with van der Waals surface area (Å²) in [5.74, 6) is 0.705. The topological polar surface area (TPSA) is 43.6 Å². The Morgan fingerprint density at radius 2 is 1.02 bits per heavy atom. The van der Waals surface area contributed by atoms with Crippen LogP contribution >= 0.6 is 0 Å². The maximum Gasteiger partial charge on any atom is 0.160 e. The van der Waals surface area contributed by atoms with E-state index in [2.05, 4.69) is 194 Å². The lowest BCUT2D eigenvalue weighted by Gasteiger charge is -2.25. The second-order valence-electron chi connectivity index (χ2n) is 16.4. The Balaban J connectivity index is 1.14. The number of para-hydroxylation sites is 1. The van der Waals surface area contributed by atoms with Crippen molar-refractivity contribution in [1.29, 1.82) is 0 Å². The fourth-order valence-electron chi connectivity index (χ4n) is 9.78. The van der Waals surface area contributed by atoms with Crippen molar-refractivity contribution >= 4 is 43.5 Å². The molecule has 0 radical (unpaired) electrons. The van der Waals surface area contributed by atoms with Crippen LogP contribution in [0.3, 0.4) is 0 Å². The van der Waals surface area contributed by atoms with Crippen molar-refractivity contribution in [2.75, 3.05) is 0 Å². The molecule has 0 bridgehead atoms. The average Bonchev–Trinajstić information content (AvgIpc) is 3.74. The molecule has 60 heavy (non-hydrogen) atoms. The van der Waals surface area contributed by atoms with Crippen molar-refractivity contribution < 1.29 is 0 Å². The van der Waals surface area contributed by atoms with Crippen LogP contribution in [0.1, 0.15) is 25.0 Å². The molecule has 0 N–H and O–H groups in total. The summed E-state index contributed by atoms with van der Waals surface area (Å²) in [5, 5.41) is 5.93. The first-order valence-corrected chi connectivity index (χ1v) is 20.6. The largest absolute Gasteiger partial charge is 0.307 e. The molecule has 0 fully saturated rings. The van der Waals surface area contributed by atoms with Crippen LogP contribution in [0.2, 0.25) is 0 Å². The minimum atomic E-state index is -0.422. The van der Waals surface area contributed by atoms with Crippen molar-refractivity contribution in [3.8, 4) is 61.8 Å². The Morgan fingerprint density at radius 1 is 0.433 bits per heavy atom. The molecule has 0 atom stereocenters. The van der Waals surface area contributed by atoms with Gasteiger partial charge < -0.3 is 4.57 Å². The fourth-order valence-corrected chi connectivity index (χ4v) is 9.78. The van der Waals surface area contributed by atoms with E-state index in [9.17, 15) is 0 Å². The molecule has 0 saturated heterocycles. The molecule has 1 aliphatic rings. The first-order valence-electron chi connectivity index (χ1n) is 20.6. The number of pyridine rings is 1. The Labute approximate surface area is 348 Å². The first kappa shape index (κ1) is 34.4. The lowest BCUT2D eigenvalue weighted by molar-refractivity contribution is 0.658. The van der Waals surface area contributed by atoms with Crippen molar-refractivity contribution in [3.05, 3.63) is 205 Å². The zero-order chi connectivity index (χ0) is 40.0. The van der Waals surface area contributed by atoms with E-state index in [1.807, 2.05) is 18.3 Å². The highest BCUT2D eigenvalue weighted by Crippen LogP contribution is 2.54. The molecule has 3 aromatic heterocycles. The Kier molecular flexibility index (Phi) is 7.54. The van der Waals surface area contributed by atoms with Gasteiger partial charge in [0.1, 0.15) is 0 Å². The number of benzene rings is 8. The number of hydrogen-bond donors (Lipinski definition) is 0. The quantitative estimate of drug-likeness (QED) is 0.175. The zero-order valence-electron chi connectivity index (χ0n) is 33.3. The fraction of sp³-hybridized carbons (Fsp3) is 0.0536. The molecular weight excluding hydrogens is 729 g/mol. The molecule has 11 aromatic rings. The lowest BCUT2D eigenvalue weighted by Crippen LogP contribution is -2.18. The second-order valence-corrected chi connectivity index (χ2v) is 16.4. The first-order chi connectivity index (χ1) is 29.5. The molecule has 4 nitrogen and oxygen atoms in total. The maximum atomic E-state index is 5.56. The van der Waals surface area contributed by atoms with Crippen LogP contribution in [0.25, 0.3) is 105 Å². The van der Waals surface area contributed by atoms with E-state index in [1.165, 1.54) is 49.4 Å². The van der Waals surface area contributed by atoms with Gasteiger partial charge in [-0.05, 0) is 87.1 Å². The average molecular weight is 767 g/mol. The van der Waals surface area contributed by atoms with Crippen LogP contribution in [0, 0.1) is 0 Å². The van der Waals surface area contributed by atoms with Crippen LogP contribution in [-0.4, -0.2) is 19.5 Å². The van der Waals surface area contributed by atoms with Crippen LogP contribution in [0.4, 0.5) is 0 Å². The van der Waals surface area contributed by atoms with E-state index in [1.54, 1.807) is 0 Å². The minimum absolute atomic E-state index is 0.422. The highest BCUT2D eigenvalue weighted by molar-refractivity contribution is 6.15. The summed E-state index contributed by atoms with van der Waals surface area (Å²) in [4.78, 5) is 16.2. The standard InChI is InChI=1S/C56H38N4/c1-56(2)47-34-44(36-19-8-4-9-20-36)43(35-17-6-3-7-18-35)33-46(47)54-51(56)53(58-55(59-54)37-21-10-5-11-22-37)42-28-29-49(52-41(42)26-16-30-57-52)60-48-27-15-14-25-40(48)45-31-38-23-12-13-24-39(38)32-50(45)60/h3-34H,1-2H3. The summed E-state index contributed by atoms with van der Waals surface area (Å²) in [6.07, 6.45) is 1.91. The number of aromatic nitrogens is 4. The number of nitrogens with zero attached hydrogens (tertiary/aromatic N) is 4. The van der Waals surface area contributed by atoms with Gasteiger partial charge in [-0.2, -0.15) is 0 Å². The molecule has 0 spiro atoms. The van der Waals surface area contributed by atoms with Gasteiger partial charge in [-0.15, -0.1) is 0 Å². The monoisotopic (exact) mass is 766 g/mol. The van der Waals surface area contributed by atoms with E-state index in [0.717, 1.165) is 61.3 Å². The summed E-state index contributed by atoms with van der Waals surface area (Å²) in [5.41, 5.74) is 16.0. The molecule has 0 aliphatic heterocycles. The van der Waals surface area contributed by atoms with Crippen LogP contribution < -0.4 is 0 Å². The molecule has 4 heteroatoms. The second kappa shape index (κ2) is 13.2. The third kappa shape index (κ3) is 5.14. The van der Waals surface area contributed by atoms with Crippen molar-refractivity contribution in [3.63, 3.8) is 0 Å².